The van der Waals surface area contributed by atoms with Gasteiger partial charge in [-0.05, 0) is 49.8 Å². The Morgan fingerprint density at radius 1 is 1.32 bits per heavy atom. The lowest BCUT2D eigenvalue weighted by Gasteiger charge is -2.12. The van der Waals surface area contributed by atoms with Gasteiger partial charge in [-0.25, -0.2) is 4.79 Å². The van der Waals surface area contributed by atoms with E-state index in [1.165, 1.54) is 35.6 Å². The first-order valence-electron chi connectivity index (χ1n) is 9.04. The van der Waals surface area contributed by atoms with Crippen molar-refractivity contribution in [2.75, 3.05) is 11.9 Å². The van der Waals surface area contributed by atoms with E-state index in [2.05, 4.69) is 5.32 Å². The highest BCUT2D eigenvalue weighted by Gasteiger charge is 2.26. The molecule has 0 atom stereocenters. The summed E-state index contributed by atoms with van der Waals surface area (Å²) in [5, 5.41) is 14.1. The molecule has 28 heavy (non-hydrogen) atoms. The Morgan fingerprint density at radius 2 is 2.11 bits per heavy atom. The molecular weight excluding hydrogens is 380 g/mol. The molecule has 3 rings (SSSR count). The second-order valence-corrected chi connectivity index (χ2v) is 7.42. The zero-order valence-electron chi connectivity index (χ0n) is 15.4. The van der Waals surface area contributed by atoms with Gasteiger partial charge in [0.15, 0.2) is 0 Å². The number of thiophene rings is 1. The molecule has 1 aliphatic carbocycles. The van der Waals surface area contributed by atoms with Crippen molar-refractivity contribution < 1.29 is 19.2 Å². The van der Waals surface area contributed by atoms with Crippen LogP contribution in [0.15, 0.2) is 30.3 Å². The second-order valence-electron chi connectivity index (χ2n) is 6.31. The number of fused-ring (bicyclic) bond motifs is 1. The van der Waals surface area contributed by atoms with Gasteiger partial charge in [-0.2, -0.15) is 0 Å². The Labute approximate surface area is 166 Å². The fourth-order valence-electron chi connectivity index (χ4n) is 3.14. The zero-order valence-corrected chi connectivity index (χ0v) is 16.2. The smallest absolute Gasteiger partial charge is 0.341 e. The molecule has 1 amide bonds. The number of rotatable bonds is 6. The number of nitrogens with one attached hydrogen (secondary N) is 1. The molecule has 0 saturated heterocycles. The molecule has 1 N–H and O–H groups in total. The zero-order chi connectivity index (χ0) is 20.1. The minimum Gasteiger partial charge on any atom is -0.462 e. The van der Waals surface area contributed by atoms with Crippen molar-refractivity contribution in [1.29, 1.82) is 0 Å². The fourth-order valence-corrected chi connectivity index (χ4v) is 4.42. The quantitative estimate of drug-likeness (QED) is 0.336. The van der Waals surface area contributed by atoms with Crippen LogP contribution in [0.5, 0.6) is 0 Å². The van der Waals surface area contributed by atoms with Gasteiger partial charge in [0.05, 0.1) is 17.1 Å². The third kappa shape index (κ3) is 4.45. The van der Waals surface area contributed by atoms with Crippen molar-refractivity contribution in [2.45, 2.75) is 32.6 Å². The summed E-state index contributed by atoms with van der Waals surface area (Å²) in [5.74, 6) is -0.824. The number of ether oxygens (including phenoxy) is 1. The van der Waals surface area contributed by atoms with Crippen LogP contribution < -0.4 is 5.32 Å². The van der Waals surface area contributed by atoms with Crippen LogP contribution in [0.4, 0.5) is 10.7 Å². The van der Waals surface area contributed by atoms with E-state index in [0.29, 0.717) is 16.1 Å². The van der Waals surface area contributed by atoms with Gasteiger partial charge in [0.25, 0.3) is 5.69 Å². The summed E-state index contributed by atoms with van der Waals surface area (Å²) >= 11 is 1.42. The predicted molar refractivity (Wildman–Crippen MR) is 108 cm³/mol. The molecule has 0 bridgehead atoms. The fraction of sp³-hybridized carbons (Fsp3) is 0.300. The van der Waals surface area contributed by atoms with Gasteiger partial charge in [-0.1, -0.05) is 12.1 Å². The molecule has 1 aliphatic rings. The van der Waals surface area contributed by atoms with Gasteiger partial charge in [-0.15, -0.1) is 11.3 Å². The van der Waals surface area contributed by atoms with Crippen molar-refractivity contribution in [3.63, 3.8) is 0 Å². The summed E-state index contributed by atoms with van der Waals surface area (Å²) in [6.45, 7) is 2.01. The summed E-state index contributed by atoms with van der Waals surface area (Å²) in [7, 11) is 0. The molecule has 0 saturated carbocycles. The molecule has 0 unspecified atom stereocenters. The SMILES string of the molecule is CCOC(=O)c1c(NC(=O)/C=C/c2cccc([N+](=O)[O-])c2)sc2c1CCCC2. The van der Waals surface area contributed by atoms with Crippen LogP contribution in [0, 0.1) is 10.1 Å². The first kappa shape index (κ1) is 19.8. The first-order valence-corrected chi connectivity index (χ1v) is 9.86. The number of amides is 1. The minimum atomic E-state index is -0.487. The van der Waals surface area contributed by atoms with E-state index in [1.54, 1.807) is 19.1 Å². The van der Waals surface area contributed by atoms with Gasteiger partial charge in [-0.3, -0.25) is 14.9 Å². The van der Waals surface area contributed by atoms with Gasteiger partial charge in [0, 0.05) is 23.1 Å². The number of hydrogen-bond donors (Lipinski definition) is 1. The van der Waals surface area contributed by atoms with Crippen LogP contribution in [-0.2, 0) is 22.4 Å². The lowest BCUT2D eigenvalue weighted by atomic mass is 9.95. The number of anilines is 1. The number of carbonyl (C=O) groups excluding carboxylic acids is 2. The van der Waals surface area contributed by atoms with Crippen LogP contribution in [0.25, 0.3) is 6.08 Å². The maximum atomic E-state index is 12.4. The van der Waals surface area contributed by atoms with Crippen LogP contribution in [0.2, 0.25) is 0 Å². The molecule has 7 nitrogen and oxygen atoms in total. The third-order valence-corrected chi connectivity index (χ3v) is 5.60. The minimum absolute atomic E-state index is 0.0434. The van der Waals surface area contributed by atoms with Crippen molar-refractivity contribution >= 4 is 40.0 Å². The lowest BCUT2D eigenvalue weighted by Crippen LogP contribution is -2.14. The molecule has 8 heteroatoms. The number of nitro benzene ring substituents is 1. The van der Waals surface area contributed by atoms with Gasteiger partial charge in [0.2, 0.25) is 5.91 Å². The van der Waals surface area contributed by atoms with E-state index in [-0.39, 0.29) is 12.3 Å². The van der Waals surface area contributed by atoms with E-state index in [4.69, 9.17) is 4.74 Å². The number of aryl methyl sites for hydroxylation is 1. The average Bonchev–Trinajstić information content (AvgIpc) is 3.04. The summed E-state index contributed by atoms with van der Waals surface area (Å²) in [6, 6.07) is 6.00. The highest BCUT2D eigenvalue weighted by atomic mass is 32.1. The summed E-state index contributed by atoms with van der Waals surface area (Å²) in [4.78, 5) is 36.3. The predicted octanol–water partition coefficient (Wildman–Crippen LogP) is 4.36. The second kappa shape index (κ2) is 8.79. The molecule has 0 fully saturated rings. The summed E-state index contributed by atoms with van der Waals surface area (Å²) in [5.41, 5.74) is 1.94. The highest BCUT2D eigenvalue weighted by molar-refractivity contribution is 7.17. The monoisotopic (exact) mass is 400 g/mol. The maximum absolute atomic E-state index is 12.4. The van der Waals surface area contributed by atoms with Crippen molar-refractivity contribution in [3.8, 4) is 0 Å². The number of carbonyl (C=O) groups is 2. The molecule has 0 radical (unpaired) electrons. The highest BCUT2D eigenvalue weighted by Crippen LogP contribution is 2.38. The van der Waals surface area contributed by atoms with Crippen molar-refractivity contribution in [1.82, 2.24) is 0 Å². The van der Waals surface area contributed by atoms with Crippen LogP contribution >= 0.6 is 11.3 Å². The normalized spacial score (nSPS) is 13.2. The topological polar surface area (TPSA) is 98.5 Å². The van der Waals surface area contributed by atoms with Crippen LogP contribution in [0.1, 0.15) is 46.1 Å². The standard InChI is InChI=1S/C20H20N2O5S/c1-2-27-20(24)18-15-8-3-4-9-16(15)28-19(18)21-17(23)11-10-13-6-5-7-14(12-13)22(25)26/h5-7,10-12H,2-4,8-9H2,1H3,(H,21,23)/b11-10+. The van der Waals surface area contributed by atoms with Crippen LogP contribution in [0.3, 0.4) is 0 Å². The van der Waals surface area contributed by atoms with Crippen molar-refractivity contribution in [2.24, 2.45) is 0 Å². The molecular formula is C20H20N2O5S. The third-order valence-electron chi connectivity index (χ3n) is 4.40. The Hall–Kier alpha value is -3.00. The number of esters is 1. The number of benzene rings is 1. The van der Waals surface area contributed by atoms with E-state index in [0.717, 1.165) is 36.1 Å². The number of nitro groups is 1. The number of hydrogen-bond acceptors (Lipinski definition) is 6. The molecule has 0 spiro atoms. The van der Waals surface area contributed by atoms with Crippen molar-refractivity contribution in [3.05, 3.63) is 62.0 Å². The lowest BCUT2D eigenvalue weighted by molar-refractivity contribution is -0.384. The number of non-ortho nitro benzene ring substituents is 1. The van der Waals surface area contributed by atoms with E-state index in [1.807, 2.05) is 0 Å². The first-order chi connectivity index (χ1) is 13.5. The molecule has 1 aromatic heterocycles. The molecule has 0 aliphatic heterocycles. The maximum Gasteiger partial charge on any atom is 0.341 e. The van der Waals surface area contributed by atoms with Gasteiger partial charge in [0.1, 0.15) is 5.00 Å². The molecule has 2 aromatic rings. The summed E-state index contributed by atoms with van der Waals surface area (Å²) < 4.78 is 5.17. The van der Waals surface area contributed by atoms with Crippen LogP contribution in [-0.4, -0.2) is 23.4 Å². The van der Waals surface area contributed by atoms with Gasteiger partial charge >= 0.3 is 5.97 Å². The molecule has 1 aromatic carbocycles. The Kier molecular flexibility index (Phi) is 6.20. The Balaban J connectivity index is 1.80. The Morgan fingerprint density at radius 3 is 2.86 bits per heavy atom. The average molecular weight is 400 g/mol. The molecule has 146 valence electrons. The van der Waals surface area contributed by atoms with E-state index < -0.39 is 16.8 Å². The van der Waals surface area contributed by atoms with E-state index >= 15 is 0 Å². The summed E-state index contributed by atoms with van der Waals surface area (Å²) in [6.07, 6.45) is 6.57. The molecule has 1 heterocycles. The Bertz CT molecular complexity index is 948. The largest absolute Gasteiger partial charge is 0.462 e. The number of nitrogens with zero attached hydrogens (tertiary/aromatic N) is 1. The van der Waals surface area contributed by atoms with Gasteiger partial charge < -0.3 is 10.1 Å². The van der Waals surface area contributed by atoms with E-state index in [9.17, 15) is 19.7 Å².